The van der Waals surface area contributed by atoms with Gasteiger partial charge in [0.15, 0.2) is 0 Å². The summed E-state index contributed by atoms with van der Waals surface area (Å²) in [7, 11) is 0. The molecule has 1 heterocycles. The van der Waals surface area contributed by atoms with Crippen LogP contribution in [0.4, 0.5) is 0 Å². The van der Waals surface area contributed by atoms with E-state index in [0.29, 0.717) is 18.3 Å². The van der Waals surface area contributed by atoms with Crippen molar-refractivity contribution < 1.29 is 9.26 Å². The first kappa shape index (κ1) is 14.1. The first-order valence-corrected chi connectivity index (χ1v) is 7.02. The van der Waals surface area contributed by atoms with Crippen LogP contribution >= 0.6 is 0 Å². The fraction of sp³-hybridized carbons (Fsp3) is 0.111. The van der Waals surface area contributed by atoms with Crippen molar-refractivity contribution in [1.29, 1.82) is 0 Å². The second-order valence-corrected chi connectivity index (χ2v) is 4.86. The van der Waals surface area contributed by atoms with Gasteiger partial charge in [-0.25, -0.2) is 0 Å². The third-order valence-corrected chi connectivity index (χ3v) is 3.28. The van der Waals surface area contributed by atoms with E-state index in [1.165, 1.54) is 0 Å². The summed E-state index contributed by atoms with van der Waals surface area (Å²) in [5.41, 5.74) is 2.94. The maximum atomic E-state index is 5.45. The summed E-state index contributed by atoms with van der Waals surface area (Å²) >= 11 is 0. The normalized spacial score (nSPS) is 10.4. The molecular formula is C18H16N2O2. The number of aryl methyl sites for hydroxylation is 1. The summed E-state index contributed by atoms with van der Waals surface area (Å²) in [6, 6.07) is 15.5. The van der Waals surface area contributed by atoms with Gasteiger partial charge >= 0.3 is 0 Å². The van der Waals surface area contributed by atoms with Crippen LogP contribution in [0.2, 0.25) is 0 Å². The van der Waals surface area contributed by atoms with E-state index in [2.05, 4.69) is 16.7 Å². The van der Waals surface area contributed by atoms with E-state index in [1.807, 2.05) is 55.5 Å². The van der Waals surface area contributed by atoms with Crippen LogP contribution in [0, 0.1) is 6.92 Å². The Morgan fingerprint density at radius 1 is 1.14 bits per heavy atom. The third kappa shape index (κ3) is 2.91. The molecule has 0 N–H and O–H groups in total. The van der Waals surface area contributed by atoms with Crippen molar-refractivity contribution in [3.05, 3.63) is 66.7 Å². The van der Waals surface area contributed by atoms with Gasteiger partial charge in [-0.1, -0.05) is 36.0 Å². The Kier molecular flexibility index (Phi) is 4.01. The van der Waals surface area contributed by atoms with Crippen LogP contribution in [0.25, 0.3) is 22.8 Å². The molecule has 0 radical (unpaired) electrons. The Hall–Kier alpha value is -2.88. The molecule has 3 aromatic rings. The summed E-state index contributed by atoms with van der Waals surface area (Å²) < 4.78 is 10.8. The molecule has 0 atom stereocenters. The molecular weight excluding hydrogens is 276 g/mol. The van der Waals surface area contributed by atoms with Gasteiger partial charge in [0, 0.05) is 11.1 Å². The van der Waals surface area contributed by atoms with E-state index in [-0.39, 0.29) is 0 Å². The van der Waals surface area contributed by atoms with E-state index < -0.39 is 0 Å². The van der Waals surface area contributed by atoms with E-state index >= 15 is 0 Å². The summed E-state index contributed by atoms with van der Waals surface area (Å²) in [5.74, 6) is 1.87. The standard InChI is InChI=1S/C18H16N2O2/c1-3-12-21-15-10-8-14(9-11-15)17-19-18(22-20-17)16-7-5-4-6-13(16)2/h3-11H,1,12H2,2H3. The number of hydrogen-bond acceptors (Lipinski definition) is 4. The van der Waals surface area contributed by atoms with Gasteiger partial charge in [-0.05, 0) is 42.8 Å². The topological polar surface area (TPSA) is 48.2 Å². The molecule has 2 aromatic carbocycles. The molecule has 0 fully saturated rings. The minimum absolute atomic E-state index is 0.485. The van der Waals surface area contributed by atoms with Gasteiger partial charge in [0.05, 0.1) is 0 Å². The van der Waals surface area contributed by atoms with Gasteiger partial charge in [-0.3, -0.25) is 0 Å². The molecule has 0 aliphatic carbocycles. The lowest BCUT2D eigenvalue weighted by atomic mass is 10.1. The van der Waals surface area contributed by atoms with E-state index in [9.17, 15) is 0 Å². The van der Waals surface area contributed by atoms with Gasteiger partial charge in [0.1, 0.15) is 12.4 Å². The van der Waals surface area contributed by atoms with Crippen molar-refractivity contribution in [3.63, 3.8) is 0 Å². The minimum Gasteiger partial charge on any atom is -0.490 e. The predicted molar refractivity (Wildman–Crippen MR) is 85.6 cm³/mol. The average molecular weight is 292 g/mol. The number of nitrogens with zero attached hydrogens (tertiary/aromatic N) is 2. The van der Waals surface area contributed by atoms with Gasteiger partial charge in [-0.2, -0.15) is 4.98 Å². The molecule has 0 saturated heterocycles. The third-order valence-electron chi connectivity index (χ3n) is 3.28. The largest absolute Gasteiger partial charge is 0.490 e. The Labute approximate surface area is 129 Å². The van der Waals surface area contributed by atoms with Crippen molar-refractivity contribution in [1.82, 2.24) is 10.1 Å². The second-order valence-electron chi connectivity index (χ2n) is 4.86. The molecule has 0 amide bonds. The van der Waals surface area contributed by atoms with E-state index in [1.54, 1.807) is 6.08 Å². The fourth-order valence-electron chi connectivity index (χ4n) is 2.12. The van der Waals surface area contributed by atoms with Gasteiger partial charge < -0.3 is 9.26 Å². The van der Waals surface area contributed by atoms with Gasteiger partial charge in [0.2, 0.25) is 5.82 Å². The Balaban J connectivity index is 1.84. The highest BCUT2D eigenvalue weighted by molar-refractivity contribution is 5.62. The summed E-state index contributed by atoms with van der Waals surface area (Å²) in [6.07, 6.45) is 1.71. The number of rotatable bonds is 5. The molecule has 0 aliphatic heterocycles. The summed E-state index contributed by atoms with van der Waals surface area (Å²) in [4.78, 5) is 4.47. The van der Waals surface area contributed by atoms with Crippen molar-refractivity contribution in [2.24, 2.45) is 0 Å². The van der Waals surface area contributed by atoms with Gasteiger partial charge in [0.25, 0.3) is 5.89 Å². The molecule has 4 heteroatoms. The molecule has 0 bridgehead atoms. The molecule has 0 saturated carbocycles. The number of ether oxygens (including phenoxy) is 1. The zero-order valence-electron chi connectivity index (χ0n) is 12.3. The summed E-state index contributed by atoms with van der Waals surface area (Å²) in [5, 5.41) is 4.05. The first-order chi connectivity index (χ1) is 10.8. The smallest absolute Gasteiger partial charge is 0.258 e. The van der Waals surface area contributed by atoms with E-state index in [4.69, 9.17) is 9.26 Å². The van der Waals surface area contributed by atoms with Crippen molar-refractivity contribution in [2.75, 3.05) is 6.61 Å². The van der Waals surface area contributed by atoms with E-state index in [0.717, 1.165) is 22.4 Å². The maximum Gasteiger partial charge on any atom is 0.258 e. The van der Waals surface area contributed by atoms with Crippen molar-refractivity contribution >= 4 is 0 Å². The van der Waals surface area contributed by atoms with Crippen molar-refractivity contribution in [3.8, 4) is 28.6 Å². The monoisotopic (exact) mass is 292 g/mol. The SMILES string of the molecule is C=CCOc1ccc(-c2noc(-c3ccccc3C)n2)cc1. The highest BCUT2D eigenvalue weighted by Gasteiger charge is 2.12. The number of hydrogen-bond donors (Lipinski definition) is 0. The molecule has 4 nitrogen and oxygen atoms in total. The number of benzene rings is 2. The molecule has 1 aromatic heterocycles. The average Bonchev–Trinajstić information content (AvgIpc) is 3.03. The molecule has 0 spiro atoms. The van der Waals surface area contributed by atoms with Gasteiger partial charge in [-0.15, -0.1) is 0 Å². The lowest BCUT2D eigenvalue weighted by Gasteiger charge is -2.02. The predicted octanol–water partition coefficient (Wildman–Crippen LogP) is 4.28. The van der Waals surface area contributed by atoms with Crippen LogP contribution in [0.1, 0.15) is 5.56 Å². The molecule has 110 valence electrons. The summed E-state index contributed by atoms with van der Waals surface area (Å²) in [6.45, 7) is 6.13. The minimum atomic E-state index is 0.485. The zero-order chi connectivity index (χ0) is 15.4. The first-order valence-electron chi connectivity index (χ1n) is 7.02. The van der Waals surface area contributed by atoms with Crippen LogP contribution in [-0.2, 0) is 0 Å². The van der Waals surface area contributed by atoms with Crippen LogP contribution in [0.5, 0.6) is 5.75 Å². The van der Waals surface area contributed by atoms with Crippen LogP contribution in [0.3, 0.4) is 0 Å². The van der Waals surface area contributed by atoms with Crippen LogP contribution in [0.15, 0.2) is 65.7 Å². The van der Waals surface area contributed by atoms with Crippen molar-refractivity contribution in [2.45, 2.75) is 6.92 Å². The van der Waals surface area contributed by atoms with Crippen LogP contribution < -0.4 is 4.74 Å². The molecule has 22 heavy (non-hydrogen) atoms. The lowest BCUT2D eigenvalue weighted by Crippen LogP contribution is -1.92. The Morgan fingerprint density at radius 3 is 2.64 bits per heavy atom. The molecule has 0 unspecified atom stereocenters. The van der Waals surface area contributed by atoms with Crippen LogP contribution in [-0.4, -0.2) is 16.7 Å². The Morgan fingerprint density at radius 2 is 1.91 bits per heavy atom. The number of aromatic nitrogens is 2. The molecule has 3 rings (SSSR count). The zero-order valence-corrected chi connectivity index (χ0v) is 12.3. The Bertz CT molecular complexity index is 776. The second kappa shape index (κ2) is 6.26. The lowest BCUT2D eigenvalue weighted by molar-refractivity contribution is 0.363. The highest BCUT2D eigenvalue weighted by atomic mass is 16.5. The molecule has 0 aliphatic rings. The fourth-order valence-corrected chi connectivity index (χ4v) is 2.12. The highest BCUT2D eigenvalue weighted by Crippen LogP contribution is 2.25. The maximum absolute atomic E-state index is 5.45. The quantitative estimate of drug-likeness (QED) is 0.659.